The first kappa shape index (κ1) is 12.6. The standard InChI is InChI=1S/C10H19N5O/c1-6(2)8(11)4-9(16)14-7(3)10-12-5-13-15-10/h5-8H,4,11H2,1-3H3,(H,14,16)(H,12,13,15). The number of amides is 1. The van der Waals surface area contributed by atoms with Crippen LogP contribution in [0.3, 0.4) is 0 Å². The van der Waals surface area contributed by atoms with Crippen molar-refractivity contribution in [2.45, 2.75) is 39.3 Å². The molecule has 0 aliphatic heterocycles. The Kier molecular flexibility index (Phi) is 4.42. The molecule has 0 aliphatic rings. The largest absolute Gasteiger partial charge is 0.346 e. The molecule has 0 spiro atoms. The maximum Gasteiger partial charge on any atom is 0.222 e. The maximum atomic E-state index is 11.6. The number of aromatic nitrogens is 3. The van der Waals surface area contributed by atoms with Gasteiger partial charge in [-0.1, -0.05) is 13.8 Å². The van der Waals surface area contributed by atoms with Gasteiger partial charge in [-0.25, -0.2) is 4.98 Å². The lowest BCUT2D eigenvalue weighted by Gasteiger charge is -2.17. The third-order valence-electron chi connectivity index (χ3n) is 2.50. The minimum Gasteiger partial charge on any atom is -0.346 e. The molecular formula is C10H19N5O. The van der Waals surface area contributed by atoms with Crippen LogP contribution >= 0.6 is 0 Å². The first-order valence-corrected chi connectivity index (χ1v) is 5.41. The molecule has 6 heteroatoms. The molecule has 90 valence electrons. The van der Waals surface area contributed by atoms with E-state index < -0.39 is 0 Å². The van der Waals surface area contributed by atoms with Crippen LogP contribution in [0.5, 0.6) is 0 Å². The monoisotopic (exact) mass is 225 g/mol. The van der Waals surface area contributed by atoms with Crippen LogP contribution in [0.25, 0.3) is 0 Å². The molecule has 0 saturated heterocycles. The van der Waals surface area contributed by atoms with Crippen molar-refractivity contribution in [3.8, 4) is 0 Å². The Labute approximate surface area is 95.0 Å². The van der Waals surface area contributed by atoms with Gasteiger partial charge >= 0.3 is 0 Å². The Bertz CT molecular complexity index is 322. The lowest BCUT2D eigenvalue weighted by Crippen LogP contribution is -2.36. The van der Waals surface area contributed by atoms with Gasteiger partial charge in [-0.2, -0.15) is 5.10 Å². The molecule has 0 radical (unpaired) electrons. The van der Waals surface area contributed by atoms with E-state index in [1.54, 1.807) is 0 Å². The number of nitrogens with one attached hydrogen (secondary N) is 2. The van der Waals surface area contributed by atoms with Crippen molar-refractivity contribution in [1.82, 2.24) is 20.5 Å². The molecule has 1 aromatic rings. The summed E-state index contributed by atoms with van der Waals surface area (Å²) in [7, 11) is 0. The van der Waals surface area contributed by atoms with Gasteiger partial charge in [-0.05, 0) is 12.8 Å². The highest BCUT2D eigenvalue weighted by Crippen LogP contribution is 2.07. The molecule has 1 heterocycles. The first-order chi connectivity index (χ1) is 7.50. The molecule has 0 aromatic carbocycles. The average Bonchev–Trinajstić information content (AvgIpc) is 2.69. The van der Waals surface area contributed by atoms with Crippen LogP contribution in [0.1, 0.15) is 39.1 Å². The summed E-state index contributed by atoms with van der Waals surface area (Å²) in [6, 6.07) is -0.281. The molecule has 0 saturated carbocycles. The molecule has 16 heavy (non-hydrogen) atoms. The number of hydrogen-bond acceptors (Lipinski definition) is 4. The van der Waals surface area contributed by atoms with Crippen LogP contribution in [0, 0.1) is 5.92 Å². The van der Waals surface area contributed by atoms with Gasteiger partial charge in [-0.15, -0.1) is 0 Å². The van der Waals surface area contributed by atoms with E-state index in [0.717, 1.165) is 0 Å². The van der Waals surface area contributed by atoms with E-state index in [0.29, 0.717) is 18.2 Å². The van der Waals surface area contributed by atoms with Gasteiger partial charge in [0.05, 0.1) is 6.04 Å². The van der Waals surface area contributed by atoms with E-state index >= 15 is 0 Å². The molecule has 6 nitrogen and oxygen atoms in total. The molecule has 4 N–H and O–H groups in total. The molecule has 1 amide bonds. The van der Waals surface area contributed by atoms with Crippen LogP contribution in [-0.4, -0.2) is 27.1 Å². The fraction of sp³-hybridized carbons (Fsp3) is 0.700. The van der Waals surface area contributed by atoms with Crippen molar-refractivity contribution in [2.75, 3.05) is 0 Å². The van der Waals surface area contributed by atoms with E-state index in [9.17, 15) is 4.79 Å². The Hall–Kier alpha value is -1.43. The number of nitrogens with zero attached hydrogens (tertiary/aromatic N) is 2. The number of aromatic amines is 1. The van der Waals surface area contributed by atoms with Gasteiger partial charge < -0.3 is 11.1 Å². The Balaban J connectivity index is 2.40. The van der Waals surface area contributed by atoms with Crippen LogP contribution in [-0.2, 0) is 4.79 Å². The molecule has 1 aromatic heterocycles. The van der Waals surface area contributed by atoms with Crippen molar-refractivity contribution in [3.05, 3.63) is 12.2 Å². The Morgan fingerprint density at radius 1 is 1.56 bits per heavy atom. The second kappa shape index (κ2) is 5.60. The molecule has 1 rings (SSSR count). The maximum absolute atomic E-state index is 11.6. The topological polar surface area (TPSA) is 96.7 Å². The van der Waals surface area contributed by atoms with Crippen LogP contribution < -0.4 is 11.1 Å². The summed E-state index contributed by atoms with van der Waals surface area (Å²) in [5, 5.41) is 9.25. The highest BCUT2D eigenvalue weighted by molar-refractivity contribution is 5.76. The lowest BCUT2D eigenvalue weighted by atomic mass is 10.0. The predicted molar refractivity (Wildman–Crippen MR) is 60.4 cm³/mol. The molecule has 2 atom stereocenters. The lowest BCUT2D eigenvalue weighted by molar-refractivity contribution is -0.122. The Morgan fingerprint density at radius 3 is 2.75 bits per heavy atom. The molecule has 0 fully saturated rings. The second-order valence-electron chi connectivity index (χ2n) is 4.27. The average molecular weight is 225 g/mol. The minimum atomic E-state index is -0.172. The van der Waals surface area contributed by atoms with Crippen molar-refractivity contribution in [2.24, 2.45) is 11.7 Å². The van der Waals surface area contributed by atoms with Crippen molar-refractivity contribution in [1.29, 1.82) is 0 Å². The van der Waals surface area contributed by atoms with E-state index in [2.05, 4.69) is 20.5 Å². The minimum absolute atomic E-state index is 0.0647. The SMILES string of the molecule is CC(NC(=O)CC(N)C(C)C)c1ncn[nH]1. The normalized spacial score (nSPS) is 14.8. The number of H-pyrrole nitrogens is 1. The summed E-state index contributed by atoms with van der Waals surface area (Å²) in [5.74, 6) is 0.878. The van der Waals surface area contributed by atoms with Gasteiger partial charge in [0.1, 0.15) is 12.2 Å². The number of nitrogens with two attached hydrogens (primary N) is 1. The van der Waals surface area contributed by atoms with E-state index in [1.807, 2.05) is 20.8 Å². The molecule has 0 bridgehead atoms. The number of hydrogen-bond donors (Lipinski definition) is 3. The van der Waals surface area contributed by atoms with Crippen molar-refractivity contribution >= 4 is 5.91 Å². The summed E-state index contributed by atoms with van der Waals surface area (Å²) in [6.45, 7) is 5.84. The third-order valence-corrected chi connectivity index (χ3v) is 2.50. The third kappa shape index (κ3) is 3.62. The van der Waals surface area contributed by atoms with Crippen LogP contribution in [0.15, 0.2) is 6.33 Å². The Morgan fingerprint density at radius 2 is 2.25 bits per heavy atom. The zero-order valence-electron chi connectivity index (χ0n) is 9.90. The highest BCUT2D eigenvalue weighted by atomic mass is 16.1. The smallest absolute Gasteiger partial charge is 0.222 e. The van der Waals surface area contributed by atoms with Crippen LogP contribution in [0.4, 0.5) is 0 Å². The number of carbonyl (C=O) groups excluding carboxylic acids is 1. The fourth-order valence-corrected chi connectivity index (χ4v) is 1.24. The molecular weight excluding hydrogens is 206 g/mol. The first-order valence-electron chi connectivity index (χ1n) is 5.41. The van der Waals surface area contributed by atoms with Gasteiger partial charge in [0, 0.05) is 12.5 Å². The zero-order chi connectivity index (χ0) is 12.1. The number of carbonyl (C=O) groups is 1. The molecule has 2 unspecified atom stereocenters. The summed E-state index contributed by atoms with van der Waals surface area (Å²) in [4.78, 5) is 15.6. The van der Waals surface area contributed by atoms with Crippen LogP contribution in [0.2, 0.25) is 0 Å². The second-order valence-corrected chi connectivity index (χ2v) is 4.27. The van der Waals surface area contributed by atoms with Gasteiger partial charge in [0.25, 0.3) is 0 Å². The van der Waals surface area contributed by atoms with Gasteiger partial charge in [0.2, 0.25) is 5.91 Å². The molecule has 0 aliphatic carbocycles. The zero-order valence-corrected chi connectivity index (χ0v) is 9.90. The van der Waals surface area contributed by atoms with E-state index in [-0.39, 0.29) is 18.0 Å². The highest BCUT2D eigenvalue weighted by Gasteiger charge is 2.16. The summed E-state index contributed by atoms with van der Waals surface area (Å²) < 4.78 is 0. The predicted octanol–water partition coefficient (Wildman–Crippen LogP) is 0.355. The van der Waals surface area contributed by atoms with Crippen molar-refractivity contribution in [3.63, 3.8) is 0 Å². The summed E-state index contributed by atoms with van der Waals surface area (Å²) in [5.41, 5.74) is 5.82. The van der Waals surface area contributed by atoms with E-state index in [1.165, 1.54) is 6.33 Å². The fourth-order valence-electron chi connectivity index (χ4n) is 1.24. The number of rotatable bonds is 5. The van der Waals surface area contributed by atoms with Gasteiger partial charge in [-0.3, -0.25) is 9.89 Å². The van der Waals surface area contributed by atoms with E-state index in [4.69, 9.17) is 5.73 Å². The van der Waals surface area contributed by atoms with Gasteiger partial charge in [0.15, 0.2) is 0 Å². The summed E-state index contributed by atoms with van der Waals surface area (Å²) in [6.07, 6.45) is 1.74. The van der Waals surface area contributed by atoms with Crippen molar-refractivity contribution < 1.29 is 4.79 Å². The quantitative estimate of drug-likeness (QED) is 0.673. The summed E-state index contributed by atoms with van der Waals surface area (Å²) >= 11 is 0.